The van der Waals surface area contributed by atoms with Crippen LogP contribution in [0.25, 0.3) is 0 Å². The van der Waals surface area contributed by atoms with Gasteiger partial charge in [0, 0.05) is 12.1 Å². The van der Waals surface area contributed by atoms with Gasteiger partial charge in [-0.25, -0.2) is 0 Å². The van der Waals surface area contributed by atoms with E-state index in [0.29, 0.717) is 30.2 Å². The average Bonchev–Trinajstić information content (AvgIpc) is 2.34. The molecule has 3 N–H and O–H groups in total. The van der Waals surface area contributed by atoms with Crippen molar-refractivity contribution in [3.05, 3.63) is 35.9 Å². The Morgan fingerprint density at radius 1 is 1.50 bits per heavy atom. The van der Waals surface area contributed by atoms with Crippen LogP contribution in [0.1, 0.15) is 30.6 Å². The minimum absolute atomic E-state index is 0.116. The zero-order valence-corrected chi connectivity index (χ0v) is 11.0. The summed E-state index contributed by atoms with van der Waals surface area (Å²) in [5, 5.41) is 2.80. The molecule has 1 aromatic carbocycles. The number of benzene rings is 1. The molecule has 1 aromatic rings. The third-order valence-corrected chi connectivity index (χ3v) is 2.28. The summed E-state index contributed by atoms with van der Waals surface area (Å²) in [6, 6.07) is 5.03. The lowest BCUT2D eigenvalue weighted by Crippen LogP contribution is -2.24. The second-order valence-electron chi connectivity index (χ2n) is 4.25. The van der Waals surface area contributed by atoms with Crippen molar-refractivity contribution in [2.24, 2.45) is 0 Å². The van der Waals surface area contributed by atoms with Crippen molar-refractivity contribution in [1.29, 1.82) is 0 Å². The molecular weight excluding hydrogens is 228 g/mol. The number of anilines is 1. The Balaban J connectivity index is 2.72. The fraction of sp³-hybridized carbons (Fsp3) is 0.357. The number of nitrogen functional groups attached to an aromatic ring is 1. The monoisotopic (exact) mass is 248 g/mol. The minimum Gasteiger partial charge on any atom is -0.487 e. The summed E-state index contributed by atoms with van der Waals surface area (Å²) in [4.78, 5) is 11.7. The molecule has 0 aromatic heterocycles. The molecule has 1 amide bonds. The zero-order valence-electron chi connectivity index (χ0n) is 11.0. The highest BCUT2D eigenvalue weighted by atomic mass is 16.5. The molecule has 0 spiro atoms. The Hall–Kier alpha value is -1.97. The smallest absolute Gasteiger partial charge is 0.251 e. The molecule has 0 aliphatic heterocycles. The normalized spacial score (nSPS) is 9.89. The Morgan fingerprint density at radius 2 is 2.22 bits per heavy atom. The SMILES string of the molecule is C=C(C)COc1ccc(C(=O)NCCC)cc1N. The molecule has 0 saturated heterocycles. The molecule has 0 heterocycles. The predicted molar refractivity (Wildman–Crippen MR) is 73.8 cm³/mol. The zero-order chi connectivity index (χ0) is 13.5. The average molecular weight is 248 g/mol. The van der Waals surface area contributed by atoms with Gasteiger partial charge in [0.05, 0.1) is 5.69 Å². The maximum absolute atomic E-state index is 11.7. The number of nitrogens with two attached hydrogens (primary N) is 1. The highest BCUT2D eigenvalue weighted by molar-refractivity contribution is 5.95. The van der Waals surface area contributed by atoms with Crippen LogP contribution in [0.5, 0.6) is 5.75 Å². The molecule has 0 aliphatic rings. The molecule has 4 nitrogen and oxygen atoms in total. The van der Waals surface area contributed by atoms with Crippen LogP contribution in [0.3, 0.4) is 0 Å². The fourth-order valence-electron chi connectivity index (χ4n) is 1.36. The first kappa shape index (κ1) is 14.1. The molecular formula is C14H20N2O2. The van der Waals surface area contributed by atoms with E-state index >= 15 is 0 Å². The summed E-state index contributed by atoms with van der Waals surface area (Å²) in [6.07, 6.45) is 0.904. The Labute approximate surface area is 108 Å². The summed E-state index contributed by atoms with van der Waals surface area (Å²) in [5.41, 5.74) is 7.76. The van der Waals surface area contributed by atoms with Gasteiger partial charge in [0.25, 0.3) is 5.91 Å². The van der Waals surface area contributed by atoms with Crippen molar-refractivity contribution in [2.75, 3.05) is 18.9 Å². The maximum atomic E-state index is 11.7. The molecule has 0 bridgehead atoms. The number of amides is 1. The van der Waals surface area contributed by atoms with E-state index in [2.05, 4.69) is 11.9 Å². The molecule has 0 unspecified atom stereocenters. The maximum Gasteiger partial charge on any atom is 0.251 e. The molecule has 0 radical (unpaired) electrons. The molecule has 0 aliphatic carbocycles. The van der Waals surface area contributed by atoms with Crippen LogP contribution in [0.2, 0.25) is 0 Å². The van der Waals surface area contributed by atoms with E-state index in [9.17, 15) is 4.79 Å². The van der Waals surface area contributed by atoms with E-state index in [4.69, 9.17) is 10.5 Å². The number of nitrogens with one attached hydrogen (secondary N) is 1. The molecule has 0 saturated carbocycles. The highest BCUT2D eigenvalue weighted by Gasteiger charge is 2.08. The minimum atomic E-state index is -0.116. The second-order valence-corrected chi connectivity index (χ2v) is 4.25. The summed E-state index contributed by atoms with van der Waals surface area (Å²) < 4.78 is 5.46. The molecule has 1 rings (SSSR count). The first-order valence-electron chi connectivity index (χ1n) is 5.99. The van der Waals surface area contributed by atoms with Crippen LogP contribution in [0, 0.1) is 0 Å². The van der Waals surface area contributed by atoms with Gasteiger partial charge in [0.15, 0.2) is 0 Å². The lowest BCUT2D eigenvalue weighted by molar-refractivity contribution is 0.0953. The summed E-state index contributed by atoms with van der Waals surface area (Å²) in [7, 11) is 0. The van der Waals surface area contributed by atoms with E-state index in [1.54, 1.807) is 18.2 Å². The van der Waals surface area contributed by atoms with Gasteiger partial charge in [-0.1, -0.05) is 13.5 Å². The quantitative estimate of drug-likeness (QED) is 0.600. The lowest BCUT2D eigenvalue weighted by Gasteiger charge is -2.10. The predicted octanol–water partition coefficient (Wildman–Crippen LogP) is 2.36. The second kappa shape index (κ2) is 6.69. The third-order valence-electron chi connectivity index (χ3n) is 2.28. The van der Waals surface area contributed by atoms with Gasteiger partial charge in [0.1, 0.15) is 12.4 Å². The lowest BCUT2D eigenvalue weighted by atomic mass is 10.1. The van der Waals surface area contributed by atoms with Crippen LogP contribution >= 0.6 is 0 Å². The number of hydrogen-bond acceptors (Lipinski definition) is 3. The number of hydrogen-bond donors (Lipinski definition) is 2. The molecule has 0 fully saturated rings. The molecule has 0 atom stereocenters. The van der Waals surface area contributed by atoms with Crippen molar-refractivity contribution >= 4 is 11.6 Å². The number of carbonyl (C=O) groups is 1. The van der Waals surface area contributed by atoms with Crippen molar-refractivity contribution in [1.82, 2.24) is 5.32 Å². The van der Waals surface area contributed by atoms with E-state index in [0.717, 1.165) is 12.0 Å². The van der Waals surface area contributed by atoms with Gasteiger partial charge in [-0.3, -0.25) is 4.79 Å². The van der Waals surface area contributed by atoms with Crippen LogP contribution in [-0.4, -0.2) is 19.1 Å². The van der Waals surface area contributed by atoms with Crippen LogP contribution in [0.4, 0.5) is 5.69 Å². The van der Waals surface area contributed by atoms with E-state index in [1.165, 1.54) is 0 Å². The van der Waals surface area contributed by atoms with E-state index in [1.807, 2.05) is 13.8 Å². The third kappa shape index (κ3) is 4.13. The van der Waals surface area contributed by atoms with Crippen molar-refractivity contribution < 1.29 is 9.53 Å². The van der Waals surface area contributed by atoms with Crippen molar-refractivity contribution in [3.63, 3.8) is 0 Å². The Bertz CT molecular complexity index is 441. The van der Waals surface area contributed by atoms with Gasteiger partial charge in [-0.15, -0.1) is 0 Å². The summed E-state index contributed by atoms with van der Waals surface area (Å²) in [6.45, 7) is 8.71. The number of carbonyl (C=O) groups excluding carboxylic acids is 1. The number of ether oxygens (including phenoxy) is 1. The van der Waals surface area contributed by atoms with Gasteiger partial charge >= 0.3 is 0 Å². The summed E-state index contributed by atoms with van der Waals surface area (Å²) >= 11 is 0. The molecule has 98 valence electrons. The van der Waals surface area contributed by atoms with Gasteiger partial charge in [-0.2, -0.15) is 0 Å². The van der Waals surface area contributed by atoms with E-state index < -0.39 is 0 Å². The van der Waals surface area contributed by atoms with Crippen molar-refractivity contribution in [2.45, 2.75) is 20.3 Å². The van der Waals surface area contributed by atoms with E-state index in [-0.39, 0.29) is 5.91 Å². The topological polar surface area (TPSA) is 64.3 Å². The first-order valence-corrected chi connectivity index (χ1v) is 5.99. The first-order chi connectivity index (χ1) is 8.54. The van der Waals surface area contributed by atoms with Crippen LogP contribution in [0.15, 0.2) is 30.4 Å². The van der Waals surface area contributed by atoms with Gasteiger partial charge in [-0.05, 0) is 37.1 Å². The Morgan fingerprint density at radius 3 is 2.78 bits per heavy atom. The largest absolute Gasteiger partial charge is 0.487 e. The summed E-state index contributed by atoms with van der Waals surface area (Å²) in [5.74, 6) is 0.458. The van der Waals surface area contributed by atoms with Crippen LogP contribution in [-0.2, 0) is 0 Å². The molecule has 4 heteroatoms. The van der Waals surface area contributed by atoms with Gasteiger partial charge < -0.3 is 15.8 Å². The fourth-order valence-corrected chi connectivity index (χ4v) is 1.36. The van der Waals surface area contributed by atoms with Gasteiger partial charge in [0.2, 0.25) is 0 Å². The van der Waals surface area contributed by atoms with Crippen molar-refractivity contribution in [3.8, 4) is 5.75 Å². The molecule has 18 heavy (non-hydrogen) atoms. The Kier molecular flexibility index (Phi) is 5.24. The van der Waals surface area contributed by atoms with Crippen LogP contribution < -0.4 is 15.8 Å². The highest BCUT2D eigenvalue weighted by Crippen LogP contribution is 2.22. The number of rotatable bonds is 6. The standard InChI is InChI=1S/C14H20N2O2/c1-4-7-16-14(17)11-5-6-13(12(15)8-11)18-9-10(2)3/h5-6,8H,2,4,7,9,15H2,1,3H3,(H,16,17).